The lowest BCUT2D eigenvalue weighted by Crippen LogP contribution is -2.35. The van der Waals surface area contributed by atoms with Crippen LogP contribution in [0.4, 0.5) is 0 Å². The minimum Gasteiger partial charge on any atom is -0.370 e. The fourth-order valence-corrected chi connectivity index (χ4v) is 0.684. The Hall–Kier alpha value is 0.0200. The van der Waals surface area contributed by atoms with Gasteiger partial charge in [-0.25, -0.2) is 0 Å². The van der Waals surface area contributed by atoms with Gasteiger partial charge in [0.05, 0.1) is 0 Å². The Balaban J connectivity index is 0. The number of rotatable bonds is 1. The van der Waals surface area contributed by atoms with Crippen molar-refractivity contribution >= 4 is 46.9 Å². The standard InChI is InChI=1S/C6H14N4S.HI/c1-4(2)9-5(7)10-6(8)11-3;/h4H,1-3H3,(H4,7,8,9,10);1H. The summed E-state index contributed by atoms with van der Waals surface area (Å²) in [7, 11) is 0. The summed E-state index contributed by atoms with van der Waals surface area (Å²) < 4.78 is 0. The van der Waals surface area contributed by atoms with Crippen LogP contribution in [0.25, 0.3) is 0 Å². The van der Waals surface area contributed by atoms with Crippen molar-refractivity contribution in [1.82, 2.24) is 5.32 Å². The lowest BCUT2D eigenvalue weighted by Gasteiger charge is -2.04. The topological polar surface area (TPSA) is 74.3 Å². The summed E-state index contributed by atoms with van der Waals surface area (Å²) in [6.07, 6.45) is 1.80. The molecule has 6 heteroatoms. The minimum absolute atomic E-state index is 0. The van der Waals surface area contributed by atoms with E-state index in [2.05, 4.69) is 10.3 Å². The number of aliphatic imine (C=N–C) groups is 1. The molecule has 0 bridgehead atoms. The van der Waals surface area contributed by atoms with E-state index in [1.165, 1.54) is 11.8 Å². The second-order valence-corrected chi connectivity index (χ2v) is 3.08. The van der Waals surface area contributed by atoms with Gasteiger partial charge >= 0.3 is 0 Å². The summed E-state index contributed by atoms with van der Waals surface area (Å²) in [4.78, 5) is 3.99. The van der Waals surface area contributed by atoms with Gasteiger partial charge in [0.2, 0.25) is 0 Å². The molecule has 0 spiro atoms. The molecule has 0 aliphatic rings. The lowest BCUT2D eigenvalue weighted by molar-refractivity contribution is 0.828. The van der Waals surface area contributed by atoms with E-state index >= 15 is 0 Å². The third kappa shape index (κ3) is 8.12. The van der Waals surface area contributed by atoms with Crippen LogP contribution in [0.15, 0.2) is 4.99 Å². The van der Waals surface area contributed by atoms with Crippen LogP contribution in [0, 0.1) is 5.41 Å². The van der Waals surface area contributed by atoms with E-state index in [-0.39, 0.29) is 30.0 Å². The Morgan fingerprint density at radius 2 is 2.08 bits per heavy atom. The van der Waals surface area contributed by atoms with Crippen molar-refractivity contribution in [2.24, 2.45) is 10.7 Å². The number of nitrogens with two attached hydrogens (primary N) is 1. The van der Waals surface area contributed by atoms with Crippen LogP contribution in [0.2, 0.25) is 0 Å². The average molecular weight is 302 g/mol. The molecule has 0 aromatic rings. The monoisotopic (exact) mass is 302 g/mol. The van der Waals surface area contributed by atoms with Crippen LogP contribution in [-0.4, -0.2) is 23.4 Å². The van der Waals surface area contributed by atoms with Crippen molar-refractivity contribution in [2.75, 3.05) is 6.26 Å². The van der Waals surface area contributed by atoms with Crippen molar-refractivity contribution in [2.45, 2.75) is 19.9 Å². The van der Waals surface area contributed by atoms with E-state index in [4.69, 9.17) is 11.1 Å². The summed E-state index contributed by atoms with van der Waals surface area (Å²) in [6.45, 7) is 3.86. The molecule has 0 aromatic carbocycles. The Morgan fingerprint density at radius 1 is 1.58 bits per heavy atom. The number of nitrogens with zero attached hydrogens (tertiary/aromatic N) is 1. The Kier molecular flexibility index (Phi) is 9.28. The number of hydrogen-bond donors (Lipinski definition) is 3. The van der Waals surface area contributed by atoms with E-state index in [0.717, 1.165) is 0 Å². The summed E-state index contributed by atoms with van der Waals surface area (Å²) in [5.74, 6) is 0.305. The molecule has 0 atom stereocenters. The summed E-state index contributed by atoms with van der Waals surface area (Å²) >= 11 is 1.29. The van der Waals surface area contributed by atoms with Crippen molar-refractivity contribution in [3.05, 3.63) is 0 Å². The van der Waals surface area contributed by atoms with Crippen LogP contribution < -0.4 is 11.1 Å². The van der Waals surface area contributed by atoms with Gasteiger partial charge in [0, 0.05) is 6.04 Å². The molecule has 72 valence electrons. The average Bonchev–Trinajstić information content (AvgIpc) is 1.85. The first-order valence-electron chi connectivity index (χ1n) is 3.29. The van der Waals surface area contributed by atoms with Crippen LogP contribution >= 0.6 is 35.7 Å². The molecule has 4 nitrogen and oxygen atoms in total. The van der Waals surface area contributed by atoms with Crippen molar-refractivity contribution in [3.8, 4) is 0 Å². The zero-order valence-electron chi connectivity index (χ0n) is 7.42. The van der Waals surface area contributed by atoms with E-state index < -0.39 is 0 Å². The SMILES string of the molecule is CSC(=N)NC(N)=NC(C)C.I. The molecule has 0 amide bonds. The second-order valence-electron chi connectivity index (χ2n) is 2.27. The minimum atomic E-state index is 0. The van der Waals surface area contributed by atoms with Gasteiger partial charge in [0.25, 0.3) is 0 Å². The van der Waals surface area contributed by atoms with Gasteiger partial charge in [-0.05, 0) is 20.1 Å². The zero-order chi connectivity index (χ0) is 8.85. The normalized spacial score (nSPS) is 10.8. The molecule has 0 saturated carbocycles. The van der Waals surface area contributed by atoms with E-state index in [1.54, 1.807) is 6.26 Å². The van der Waals surface area contributed by atoms with Crippen LogP contribution in [-0.2, 0) is 0 Å². The van der Waals surface area contributed by atoms with Crippen LogP contribution in [0.3, 0.4) is 0 Å². The first kappa shape index (κ1) is 14.5. The molecule has 0 aliphatic carbocycles. The number of amidine groups is 1. The Morgan fingerprint density at radius 3 is 2.42 bits per heavy atom. The molecule has 0 fully saturated rings. The molecule has 0 heterocycles. The maximum Gasteiger partial charge on any atom is 0.194 e. The van der Waals surface area contributed by atoms with E-state index in [9.17, 15) is 0 Å². The summed E-state index contributed by atoms with van der Waals surface area (Å²) in [5, 5.41) is 10.1. The number of nitrogens with one attached hydrogen (secondary N) is 2. The highest BCUT2D eigenvalue weighted by molar-refractivity contribution is 14.0. The molecule has 0 aromatic heterocycles. The third-order valence-corrected chi connectivity index (χ3v) is 1.35. The van der Waals surface area contributed by atoms with Gasteiger partial charge < -0.3 is 11.1 Å². The molecular formula is C6H15IN4S. The van der Waals surface area contributed by atoms with Gasteiger partial charge in [-0.1, -0.05) is 11.8 Å². The molecule has 0 saturated heterocycles. The highest BCUT2D eigenvalue weighted by Crippen LogP contribution is 1.90. The fourth-order valence-electron chi connectivity index (χ4n) is 0.478. The second kappa shape index (κ2) is 7.66. The molecule has 12 heavy (non-hydrogen) atoms. The molecule has 0 aliphatic heterocycles. The van der Waals surface area contributed by atoms with Crippen molar-refractivity contribution < 1.29 is 0 Å². The number of halogens is 1. The number of hydrogen-bond acceptors (Lipinski definition) is 3. The zero-order valence-corrected chi connectivity index (χ0v) is 10.6. The smallest absolute Gasteiger partial charge is 0.194 e. The van der Waals surface area contributed by atoms with Gasteiger partial charge in [0.15, 0.2) is 11.1 Å². The number of guanidine groups is 1. The molecule has 0 radical (unpaired) electrons. The van der Waals surface area contributed by atoms with Gasteiger partial charge in [-0.2, -0.15) is 0 Å². The first-order valence-corrected chi connectivity index (χ1v) is 4.51. The summed E-state index contributed by atoms with van der Waals surface area (Å²) in [6, 6.07) is 0.164. The van der Waals surface area contributed by atoms with Gasteiger partial charge in [0.1, 0.15) is 0 Å². The third-order valence-electron chi connectivity index (χ3n) is 0.843. The van der Waals surface area contributed by atoms with Crippen molar-refractivity contribution in [3.63, 3.8) is 0 Å². The molecule has 0 unspecified atom stereocenters. The van der Waals surface area contributed by atoms with Crippen LogP contribution in [0.5, 0.6) is 0 Å². The van der Waals surface area contributed by atoms with E-state index in [1.807, 2.05) is 13.8 Å². The lowest BCUT2D eigenvalue weighted by atomic mass is 10.4. The predicted octanol–water partition coefficient (Wildman–Crippen LogP) is 1.21. The maximum atomic E-state index is 7.20. The van der Waals surface area contributed by atoms with Gasteiger partial charge in [-0.3, -0.25) is 10.4 Å². The highest BCUT2D eigenvalue weighted by Gasteiger charge is 1.96. The Bertz CT molecular complexity index is 169. The van der Waals surface area contributed by atoms with E-state index in [0.29, 0.717) is 11.1 Å². The molecule has 0 rings (SSSR count). The molecular weight excluding hydrogens is 287 g/mol. The van der Waals surface area contributed by atoms with Crippen molar-refractivity contribution in [1.29, 1.82) is 5.41 Å². The largest absolute Gasteiger partial charge is 0.370 e. The maximum absolute atomic E-state index is 7.20. The Labute approximate surface area is 94.3 Å². The first-order chi connectivity index (χ1) is 5.06. The number of thioether (sulfide) groups is 1. The molecule has 4 N–H and O–H groups in total. The highest BCUT2D eigenvalue weighted by atomic mass is 127. The quantitative estimate of drug-likeness (QED) is 0.387. The summed E-state index contributed by atoms with van der Waals surface area (Å²) in [5.41, 5.74) is 5.44. The van der Waals surface area contributed by atoms with Gasteiger partial charge in [-0.15, -0.1) is 24.0 Å². The predicted molar refractivity (Wildman–Crippen MR) is 66.6 cm³/mol. The van der Waals surface area contributed by atoms with Crippen LogP contribution in [0.1, 0.15) is 13.8 Å². The fraction of sp³-hybridized carbons (Fsp3) is 0.667.